The highest BCUT2D eigenvalue weighted by Gasteiger charge is 2.29. The van der Waals surface area contributed by atoms with Crippen LogP contribution in [0.4, 0.5) is 0 Å². The number of methoxy groups -OCH3 is 1. The molecule has 1 amide bonds. The van der Waals surface area contributed by atoms with Crippen molar-refractivity contribution in [2.75, 3.05) is 33.3 Å². The molecule has 0 saturated carbocycles. The second kappa shape index (κ2) is 9.22. The van der Waals surface area contributed by atoms with Crippen LogP contribution in [0.2, 0.25) is 0 Å². The number of pyridine rings is 1. The van der Waals surface area contributed by atoms with E-state index in [0.29, 0.717) is 30.2 Å². The Bertz CT molecular complexity index is 1250. The lowest BCUT2D eigenvalue weighted by atomic mass is 10.1. The van der Waals surface area contributed by atoms with Crippen molar-refractivity contribution >= 4 is 23.7 Å². The van der Waals surface area contributed by atoms with Crippen molar-refractivity contribution in [3.8, 4) is 17.0 Å². The maximum Gasteiger partial charge on any atom is 0.227 e. The van der Waals surface area contributed by atoms with E-state index in [9.17, 15) is 4.79 Å². The van der Waals surface area contributed by atoms with Gasteiger partial charge in [0.2, 0.25) is 5.91 Å². The van der Waals surface area contributed by atoms with Gasteiger partial charge in [-0.05, 0) is 43.0 Å². The van der Waals surface area contributed by atoms with Gasteiger partial charge in [-0.2, -0.15) is 19.4 Å². The summed E-state index contributed by atoms with van der Waals surface area (Å²) in [4.78, 5) is 21.1. The number of carbonyl (C=O) groups is 1. The highest BCUT2D eigenvalue weighted by atomic mass is 32.2. The van der Waals surface area contributed by atoms with Gasteiger partial charge in [-0.15, -0.1) is 0 Å². The molecule has 0 radical (unpaired) electrons. The molecule has 178 valence electrons. The van der Waals surface area contributed by atoms with Crippen LogP contribution in [0.5, 0.6) is 5.75 Å². The Morgan fingerprint density at radius 2 is 2.06 bits per heavy atom. The number of nitrogens with zero attached hydrogens (tertiary/aromatic N) is 6. The quantitative estimate of drug-likeness (QED) is 0.524. The Hall–Kier alpha value is -3.18. The molecule has 1 aromatic heterocycles. The van der Waals surface area contributed by atoms with Crippen molar-refractivity contribution in [3.63, 3.8) is 0 Å². The number of amidine groups is 1. The van der Waals surface area contributed by atoms with Gasteiger partial charge in [-0.25, -0.2) is 0 Å². The highest BCUT2D eigenvalue weighted by Crippen LogP contribution is 2.38. The predicted molar refractivity (Wildman–Crippen MR) is 131 cm³/mol. The van der Waals surface area contributed by atoms with Crippen LogP contribution < -0.4 is 15.8 Å². The Morgan fingerprint density at radius 3 is 2.82 bits per heavy atom. The molecule has 11 heteroatoms. The number of amides is 1. The van der Waals surface area contributed by atoms with Crippen molar-refractivity contribution in [2.24, 2.45) is 10.1 Å². The first kappa shape index (κ1) is 22.6. The fraction of sp³-hybridized carbons (Fsp3) is 0.435. The smallest absolute Gasteiger partial charge is 0.227 e. The molecule has 4 heterocycles. The molecule has 3 N–H and O–H groups in total. The summed E-state index contributed by atoms with van der Waals surface area (Å²) in [5.74, 6) is 1.93. The van der Waals surface area contributed by atoms with Gasteiger partial charge < -0.3 is 20.7 Å². The fourth-order valence-electron chi connectivity index (χ4n) is 4.63. The standard InChI is InChI=1S/C23H28N8O2S/c1-13-10-26-18(14(2)22(13)33-3)11-31-27-17-8-15(9-19(32)30-6-4-25-5-7-30)16-12-34-29-23(24)21(28-31)20(16)17/h8,10,25H,4-7,9,11-12H2,1-3H3,(H2,24,29). The van der Waals surface area contributed by atoms with Gasteiger partial charge >= 0.3 is 0 Å². The summed E-state index contributed by atoms with van der Waals surface area (Å²) in [6, 6.07) is 2.00. The zero-order valence-corrected chi connectivity index (χ0v) is 20.4. The lowest BCUT2D eigenvalue weighted by molar-refractivity contribution is -0.131. The third-order valence-corrected chi connectivity index (χ3v) is 7.14. The van der Waals surface area contributed by atoms with Crippen LogP contribution in [0.1, 0.15) is 33.6 Å². The van der Waals surface area contributed by atoms with Crippen LogP contribution in [0.3, 0.4) is 0 Å². The first-order valence-corrected chi connectivity index (χ1v) is 12.2. The summed E-state index contributed by atoms with van der Waals surface area (Å²) in [6.07, 6.45) is 2.13. The lowest BCUT2D eigenvalue weighted by Gasteiger charge is -2.27. The molecule has 1 aromatic rings. The van der Waals surface area contributed by atoms with Gasteiger partial charge in [0, 0.05) is 54.8 Å². The number of aryl methyl sites for hydroxylation is 1. The minimum absolute atomic E-state index is 0.130. The number of nitrogens with one attached hydrogen (secondary N) is 1. The van der Waals surface area contributed by atoms with Crippen molar-refractivity contribution in [1.82, 2.24) is 30.2 Å². The fourth-order valence-corrected chi connectivity index (χ4v) is 5.38. The third kappa shape index (κ3) is 4.09. The molecule has 10 nitrogen and oxygen atoms in total. The summed E-state index contributed by atoms with van der Waals surface area (Å²) in [7, 11) is 1.66. The van der Waals surface area contributed by atoms with Crippen LogP contribution in [0.25, 0.3) is 11.3 Å². The van der Waals surface area contributed by atoms with E-state index < -0.39 is 0 Å². The molecular formula is C23H28N8O2S. The van der Waals surface area contributed by atoms with Crippen molar-refractivity contribution in [3.05, 3.63) is 45.9 Å². The largest absolute Gasteiger partial charge is 0.496 e. The lowest BCUT2D eigenvalue weighted by Crippen LogP contribution is -2.46. The van der Waals surface area contributed by atoms with Crippen LogP contribution in [0, 0.1) is 13.8 Å². The summed E-state index contributed by atoms with van der Waals surface area (Å²) < 4.78 is 9.96. The van der Waals surface area contributed by atoms with Crippen molar-refractivity contribution < 1.29 is 9.53 Å². The maximum atomic E-state index is 13.0. The van der Waals surface area contributed by atoms with Crippen molar-refractivity contribution in [1.29, 1.82) is 0 Å². The molecule has 0 aromatic carbocycles. The van der Waals surface area contributed by atoms with Gasteiger partial charge in [0.25, 0.3) is 0 Å². The molecule has 1 saturated heterocycles. The average molecular weight is 481 g/mol. The van der Waals surface area contributed by atoms with E-state index in [-0.39, 0.29) is 5.91 Å². The molecule has 1 aliphatic carbocycles. The summed E-state index contributed by atoms with van der Waals surface area (Å²) in [5, 5.41) is 12.8. The normalized spacial score (nSPS) is 15.9. The van der Waals surface area contributed by atoms with Crippen LogP contribution in [-0.4, -0.2) is 69.9 Å². The van der Waals surface area contributed by atoms with E-state index in [1.807, 2.05) is 24.8 Å². The number of aromatic nitrogens is 4. The van der Waals surface area contributed by atoms with Gasteiger partial charge in [0.15, 0.2) is 5.84 Å². The Labute approximate surface area is 202 Å². The van der Waals surface area contributed by atoms with E-state index in [1.165, 1.54) is 11.9 Å². The molecule has 3 aliphatic heterocycles. The molecule has 0 spiro atoms. The minimum Gasteiger partial charge on any atom is -0.496 e. The molecule has 5 rings (SSSR count). The molecule has 34 heavy (non-hydrogen) atoms. The number of rotatable bonds is 5. The van der Waals surface area contributed by atoms with Crippen LogP contribution >= 0.6 is 11.9 Å². The third-order valence-electron chi connectivity index (χ3n) is 6.40. The molecule has 1 fully saturated rings. The summed E-state index contributed by atoms with van der Waals surface area (Å²) in [5.41, 5.74) is 13.3. The first-order valence-electron chi connectivity index (χ1n) is 11.3. The number of carbonyl (C=O) groups excluding carboxylic acids is 1. The van der Waals surface area contributed by atoms with Gasteiger partial charge in [0.05, 0.1) is 24.9 Å². The Kier molecular flexibility index (Phi) is 6.13. The molecule has 4 aliphatic rings. The van der Waals surface area contributed by atoms with E-state index in [0.717, 1.165) is 71.1 Å². The summed E-state index contributed by atoms with van der Waals surface area (Å²) >= 11 is 1.38. The molecule has 0 bridgehead atoms. The molecular weight excluding hydrogens is 452 g/mol. The van der Waals surface area contributed by atoms with E-state index in [2.05, 4.69) is 14.7 Å². The van der Waals surface area contributed by atoms with Gasteiger partial charge in [-0.3, -0.25) is 9.78 Å². The van der Waals surface area contributed by atoms with E-state index in [4.69, 9.17) is 20.7 Å². The van der Waals surface area contributed by atoms with Crippen LogP contribution in [0.15, 0.2) is 16.7 Å². The Balaban J connectivity index is 1.53. The highest BCUT2D eigenvalue weighted by molar-refractivity contribution is 7.97. The SMILES string of the molecule is COc1c(C)cnc(Cn2nc3cc(CC(=O)N4CCNCC4)c4c-3c(n2)C(N)=NSC4)c1C. The second-order valence-corrected chi connectivity index (χ2v) is 9.32. The summed E-state index contributed by atoms with van der Waals surface area (Å²) in [6.45, 7) is 7.43. The Morgan fingerprint density at radius 1 is 1.26 bits per heavy atom. The van der Waals surface area contributed by atoms with Crippen LogP contribution in [-0.2, 0) is 23.5 Å². The van der Waals surface area contributed by atoms with E-state index in [1.54, 1.807) is 18.1 Å². The predicted octanol–water partition coefficient (Wildman–Crippen LogP) is 1.29. The number of hydrogen-bond acceptors (Lipinski definition) is 9. The van der Waals surface area contributed by atoms with Gasteiger partial charge in [-0.1, -0.05) is 0 Å². The number of ether oxygens (including phenoxy) is 1. The minimum atomic E-state index is 0.130. The molecule has 0 atom stereocenters. The maximum absolute atomic E-state index is 13.0. The first-order chi connectivity index (χ1) is 16.5. The zero-order valence-electron chi connectivity index (χ0n) is 19.6. The van der Waals surface area contributed by atoms with Gasteiger partial charge in [0.1, 0.15) is 18.0 Å². The molecule has 0 unspecified atom stereocenters. The van der Waals surface area contributed by atoms with Crippen molar-refractivity contribution in [2.45, 2.75) is 32.6 Å². The topological polar surface area (TPSA) is 124 Å². The number of piperazine rings is 1. The van der Waals surface area contributed by atoms with E-state index >= 15 is 0 Å². The second-order valence-electron chi connectivity index (χ2n) is 8.59. The monoisotopic (exact) mass is 480 g/mol. The zero-order chi connectivity index (χ0) is 23.8. The number of nitrogens with two attached hydrogens (primary N) is 1. The average Bonchev–Trinajstić information content (AvgIpc) is 3.08. The number of hydrogen-bond donors (Lipinski definition) is 2.